The molecule has 0 aliphatic heterocycles. The Bertz CT molecular complexity index is 329. The molecule has 1 aliphatic carbocycles. The number of rotatable bonds is 3. The molecule has 0 aromatic heterocycles. The number of hydrogen-bond donors (Lipinski definition) is 3. The van der Waals surface area contributed by atoms with Crippen LogP contribution in [0.5, 0.6) is 0 Å². The molecular weight excluding hydrogens is 256 g/mol. The lowest BCUT2D eigenvalue weighted by molar-refractivity contribution is 0.0374. The zero-order valence-electron chi connectivity index (χ0n) is 13.4. The number of carbonyl (C=O) groups is 1. The minimum atomic E-state index is -0.518. The molecule has 0 radical (unpaired) electrons. The van der Waals surface area contributed by atoms with Gasteiger partial charge in [0, 0.05) is 5.54 Å². The number of aliphatic hydroxyl groups excluding tert-OH is 1. The van der Waals surface area contributed by atoms with Gasteiger partial charge >= 0.3 is 6.09 Å². The lowest BCUT2D eigenvalue weighted by Gasteiger charge is -2.44. The molecule has 1 saturated carbocycles. The predicted octanol–water partition coefficient (Wildman–Crippen LogP) is 2.17. The van der Waals surface area contributed by atoms with Crippen molar-refractivity contribution in [2.45, 2.75) is 83.6 Å². The van der Waals surface area contributed by atoms with Crippen LogP contribution in [0, 0.1) is 5.92 Å². The quantitative estimate of drug-likeness (QED) is 0.742. The number of amides is 1. The molecule has 0 saturated heterocycles. The Balaban J connectivity index is 2.72. The Morgan fingerprint density at radius 1 is 1.35 bits per heavy atom. The van der Waals surface area contributed by atoms with Crippen LogP contribution in [0.1, 0.15) is 60.3 Å². The first-order chi connectivity index (χ1) is 9.03. The number of hydrogen-bond acceptors (Lipinski definition) is 4. The predicted molar refractivity (Wildman–Crippen MR) is 79.4 cm³/mol. The molecule has 0 aromatic carbocycles. The summed E-state index contributed by atoms with van der Waals surface area (Å²) in [5, 5.41) is 12.6. The van der Waals surface area contributed by atoms with Gasteiger partial charge in [0.25, 0.3) is 0 Å². The maximum absolute atomic E-state index is 12.0. The van der Waals surface area contributed by atoms with Crippen molar-refractivity contribution in [1.29, 1.82) is 0 Å². The summed E-state index contributed by atoms with van der Waals surface area (Å²) < 4.78 is 5.32. The van der Waals surface area contributed by atoms with E-state index in [9.17, 15) is 9.90 Å². The number of nitrogens with one attached hydrogen (secondary N) is 1. The molecule has 4 N–H and O–H groups in total. The summed E-state index contributed by atoms with van der Waals surface area (Å²) in [5.74, 6) is 0.211. The standard InChI is InChI=1S/C15H30N2O3/c1-10(2)12(17-13(19)20-14(3,4)5)15(16)8-6-11(18)7-9-15/h10-12,18H,6-9,16H2,1-5H3,(H,17,19). The van der Waals surface area contributed by atoms with Gasteiger partial charge < -0.3 is 20.9 Å². The van der Waals surface area contributed by atoms with E-state index in [0.717, 1.165) is 0 Å². The van der Waals surface area contributed by atoms with E-state index < -0.39 is 17.2 Å². The zero-order chi connectivity index (χ0) is 15.6. The van der Waals surface area contributed by atoms with E-state index in [1.165, 1.54) is 0 Å². The molecule has 5 nitrogen and oxygen atoms in total. The van der Waals surface area contributed by atoms with Crippen molar-refractivity contribution >= 4 is 6.09 Å². The molecule has 1 unspecified atom stereocenters. The van der Waals surface area contributed by atoms with Crippen molar-refractivity contribution < 1.29 is 14.6 Å². The van der Waals surface area contributed by atoms with Crippen molar-refractivity contribution in [3.63, 3.8) is 0 Å². The number of nitrogens with two attached hydrogens (primary N) is 1. The second-order valence-corrected chi connectivity index (χ2v) is 7.33. The molecule has 0 heterocycles. The Morgan fingerprint density at radius 3 is 2.25 bits per heavy atom. The Morgan fingerprint density at radius 2 is 1.85 bits per heavy atom. The molecule has 1 aliphatic rings. The van der Waals surface area contributed by atoms with Crippen LogP contribution in [0.3, 0.4) is 0 Å². The van der Waals surface area contributed by atoms with Crippen molar-refractivity contribution in [2.24, 2.45) is 11.7 Å². The summed E-state index contributed by atoms with van der Waals surface area (Å²) in [5.41, 5.74) is 5.51. The summed E-state index contributed by atoms with van der Waals surface area (Å²) in [6.07, 6.45) is 2.12. The van der Waals surface area contributed by atoms with E-state index in [1.54, 1.807) is 0 Å². The lowest BCUT2D eigenvalue weighted by Crippen LogP contribution is -2.62. The van der Waals surface area contributed by atoms with Gasteiger partial charge in [-0.1, -0.05) is 13.8 Å². The minimum absolute atomic E-state index is 0.148. The second kappa shape index (κ2) is 6.31. The van der Waals surface area contributed by atoms with Gasteiger partial charge in [0.1, 0.15) is 5.60 Å². The monoisotopic (exact) mass is 286 g/mol. The molecule has 0 spiro atoms. The molecule has 0 aromatic rings. The average molecular weight is 286 g/mol. The van der Waals surface area contributed by atoms with Gasteiger partial charge in [-0.15, -0.1) is 0 Å². The van der Waals surface area contributed by atoms with Crippen molar-refractivity contribution in [3.8, 4) is 0 Å². The van der Waals surface area contributed by atoms with Gasteiger partial charge in [0.05, 0.1) is 12.1 Å². The maximum atomic E-state index is 12.0. The number of carbonyl (C=O) groups excluding carboxylic acids is 1. The number of alkyl carbamates (subject to hydrolysis) is 1. The van der Waals surface area contributed by atoms with Crippen LogP contribution in [0.25, 0.3) is 0 Å². The first-order valence-electron chi connectivity index (χ1n) is 7.50. The maximum Gasteiger partial charge on any atom is 0.407 e. The van der Waals surface area contributed by atoms with E-state index in [4.69, 9.17) is 10.5 Å². The fourth-order valence-electron chi connectivity index (χ4n) is 2.86. The summed E-state index contributed by atoms with van der Waals surface area (Å²) in [4.78, 5) is 12.0. The van der Waals surface area contributed by atoms with Gasteiger partial charge in [-0.2, -0.15) is 0 Å². The van der Waals surface area contributed by atoms with Gasteiger partial charge in [-0.05, 0) is 52.4 Å². The highest BCUT2D eigenvalue weighted by Gasteiger charge is 2.41. The van der Waals surface area contributed by atoms with E-state index in [2.05, 4.69) is 5.32 Å². The third-order valence-corrected chi connectivity index (χ3v) is 3.84. The molecule has 5 heteroatoms. The number of ether oxygens (including phenoxy) is 1. The van der Waals surface area contributed by atoms with E-state index in [0.29, 0.717) is 25.7 Å². The normalized spacial score (nSPS) is 29.1. The van der Waals surface area contributed by atoms with Gasteiger partial charge in [0.15, 0.2) is 0 Å². The van der Waals surface area contributed by atoms with Crippen LogP contribution in [0.15, 0.2) is 0 Å². The molecule has 1 atom stereocenters. The van der Waals surface area contributed by atoms with E-state index in [1.807, 2.05) is 34.6 Å². The van der Waals surface area contributed by atoms with Gasteiger partial charge in [0.2, 0.25) is 0 Å². The Kier molecular flexibility index (Phi) is 5.44. The first-order valence-corrected chi connectivity index (χ1v) is 7.50. The highest BCUT2D eigenvalue weighted by atomic mass is 16.6. The average Bonchev–Trinajstić information content (AvgIpc) is 2.27. The fraction of sp³-hybridized carbons (Fsp3) is 0.933. The molecule has 118 valence electrons. The van der Waals surface area contributed by atoms with E-state index in [-0.39, 0.29) is 18.1 Å². The Hall–Kier alpha value is -0.810. The van der Waals surface area contributed by atoms with Crippen LogP contribution in [-0.4, -0.2) is 34.5 Å². The number of aliphatic hydroxyl groups is 1. The SMILES string of the molecule is CC(C)C(NC(=O)OC(C)(C)C)C1(N)CCC(O)CC1. The van der Waals surface area contributed by atoms with E-state index >= 15 is 0 Å². The van der Waals surface area contributed by atoms with Crippen LogP contribution < -0.4 is 11.1 Å². The van der Waals surface area contributed by atoms with Crippen LogP contribution in [0.4, 0.5) is 4.79 Å². The summed E-state index contributed by atoms with van der Waals surface area (Å²) >= 11 is 0. The smallest absolute Gasteiger partial charge is 0.407 e. The topological polar surface area (TPSA) is 84.6 Å². The third-order valence-electron chi connectivity index (χ3n) is 3.84. The highest BCUT2D eigenvalue weighted by Crippen LogP contribution is 2.32. The first kappa shape index (κ1) is 17.2. The fourth-order valence-corrected chi connectivity index (χ4v) is 2.86. The molecule has 1 fully saturated rings. The van der Waals surface area contributed by atoms with Crippen LogP contribution in [-0.2, 0) is 4.74 Å². The second-order valence-electron chi connectivity index (χ2n) is 7.33. The summed E-state index contributed by atoms with van der Waals surface area (Å²) in [6, 6.07) is -0.148. The Labute approximate surface area is 122 Å². The largest absolute Gasteiger partial charge is 0.444 e. The molecule has 20 heavy (non-hydrogen) atoms. The summed E-state index contributed by atoms with van der Waals surface area (Å²) in [7, 11) is 0. The van der Waals surface area contributed by atoms with Gasteiger partial charge in [-0.25, -0.2) is 4.79 Å². The van der Waals surface area contributed by atoms with Crippen LogP contribution in [0.2, 0.25) is 0 Å². The minimum Gasteiger partial charge on any atom is -0.444 e. The molecule has 1 amide bonds. The van der Waals surface area contributed by atoms with Crippen molar-refractivity contribution in [2.75, 3.05) is 0 Å². The summed E-state index contributed by atoms with van der Waals surface area (Å²) in [6.45, 7) is 9.60. The zero-order valence-corrected chi connectivity index (χ0v) is 13.4. The molecule has 1 rings (SSSR count). The van der Waals surface area contributed by atoms with Crippen molar-refractivity contribution in [1.82, 2.24) is 5.32 Å². The van der Waals surface area contributed by atoms with Gasteiger partial charge in [-0.3, -0.25) is 0 Å². The third kappa shape index (κ3) is 4.94. The highest BCUT2D eigenvalue weighted by molar-refractivity contribution is 5.68. The molecular formula is C15H30N2O3. The van der Waals surface area contributed by atoms with Crippen molar-refractivity contribution in [3.05, 3.63) is 0 Å². The van der Waals surface area contributed by atoms with Crippen LogP contribution >= 0.6 is 0 Å². The molecule has 0 bridgehead atoms. The lowest BCUT2D eigenvalue weighted by atomic mass is 9.72.